The molecule has 0 radical (unpaired) electrons. The molecular weight excluding hydrogens is 967 g/mol. The van der Waals surface area contributed by atoms with Crippen molar-refractivity contribution in [3.63, 3.8) is 0 Å². The average molecular weight is 1040 g/mol. The van der Waals surface area contributed by atoms with E-state index in [0.717, 1.165) is 97.0 Å². The summed E-state index contributed by atoms with van der Waals surface area (Å²) in [5, 5.41) is 41.6. The van der Waals surface area contributed by atoms with E-state index in [2.05, 4.69) is 53.3 Å². The zero-order chi connectivity index (χ0) is 52.3. The van der Waals surface area contributed by atoms with Gasteiger partial charge in [0, 0.05) is 54.5 Å². The maximum atomic E-state index is 14.3. The minimum Gasteiger partial charge on any atom is -0.507 e. The lowest BCUT2D eigenvalue weighted by Crippen LogP contribution is -2.51. The molecule has 5 N–H and O–H groups in total. The third-order valence-corrected chi connectivity index (χ3v) is 17.7. The predicted octanol–water partition coefficient (Wildman–Crippen LogP) is 8.53. The number of aliphatic hydroxyl groups is 1. The summed E-state index contributed by atoms with van der Waals surface area (Å²) in [5.41, 5.74) is 13.9. The Labute approximate surface area is 443 Å². The van der Waals surface area contributed by atoms with Gasteiger partial charge in [-0.2, -0.15) is 5.10 Å². The van der Waals surface area contributed by atoms with E-state index >= 15 is 0 Å². The smallest absolute Gasteiger partial charge is 0.254 e. The van der Waals surface area contributed by atoms with Crippen LogP contribution in [0, 0.1) is 30.6 Å². The van der Waals surface area contributed by atoms with Gasteiger partial charge in [-0.15, -0.1) is 21.5 Å². The fourth-order valence-corrected chi connectivity index (χ4v) is 12.9. The molecule has 2 aromatic carbocycles. The number of aryl methyl sites for hydroxylation is 1. The first-order valence-corrected chi connectivity index (χ1v) is 27.9. The van der Waals surface area contributed by atoms with Crippen LogP contribution in [0.5, 0.6) is 11.6 Å². The van der Waals surface area contributed by atoms with Crippen LogP contribution in [0.3, 0.4) is 0 Å². The SMILES string of the molecule is Cc1ncsc1-c1ccc([C@H](C)NC(=O)[C@@H]2C[C@@H](O)CN2C(=O)[C@@H](c2cc(OCCC3CCN(C[C@H]4C[C@H](N5CCC(C(C)n6cc(-c7cc(-c8ccccc8O)nnc7N)cn6)CC5)C4)CC3)no2)C(C)C)cc1. The molecule has 0 bridgehead atoms. The van der Waals surface area contributed by atoms with Gasteiger partial charge < -0.3 is 45.2 Å². The van der Waals surface area contributed by atoms with Crippen molar-refractivity contribution in [2.45, 2.75) is 122 Å². The Morgan fingerprint density at radius 3 is 2.40 bits per heavy atom. The Morgan fingerprint density at radius 2 is 1.68 bits per heavy atom. The summed E-state index contributed by atoms with van der Waals surface area (Å²) < 4.78 is 14.0. The first-order valence-electron chi connectivity index (χ1n) is 27.1. The van der Waals surface area contributed by atoms with Crippen LogP contribution in [-0.4, -0.2) is 131 Å². The summed E-state index contributed by atoms with van der Waals surface area (Å²) >= 11 is 1.60. The van der Waals surface area contributed by atoms with Crippen molar-refractivity contribution < 1.29 is 29.1 Å². The molecule has 17 nitrogen and oxygen atoms in total. The second-order valence-corrected chi connectivity index (χ2v) is 22.9. The molecule has 75 heavy (non-hydrogen) atoms. The number of hydrogen-bond acceptors (Lipinski definition) is 15. The highest BCUT2D eigenvalue weighted by Gasteiger charge is 2.44. The number of benzene rings is 2. The van der Waals surface area contributed by atoms with Gasteiger partial charge in [-0.05, 0) is 150 Å². The van der Waals surface area contributed by atoms with E-state index in [-0.39, 0.29) is 48.5 Å². The molecule has 18 heteroatoms. The minimum absolute atomic E-state index is 0.0711. The third kappa shape index (κ3) is 11.8. The van der Waals surface area contributed by atoms with Crippen molar-refractivity contribution >= 4 is 29.0 Å². The lowest BCUT2D eigenvalue weighted by atomic mass is 9.77. The number of hydrogen-bond donors (Lipinski definition) is 4. The largest absolute Gasteiger partial charge is 0.507 e. The molecule has 1 saturated carbocycles. The molecule has 3 saturated heterocycles. The van der Waals surface area contributed by atoms with Gasteiger partial charge >= 0.3 is 0 Å². The molecule has 5 atom stereocenters. The summed E-state index contributed by atoms with van der Waals surface area (Å²) in [6.07, 6.45) is 11.4. The Hall–Kier alpha value is -6.21. The molecule has 4 aliphatic rings. The number of rotatable bonds is 18. The molecule has 0 spiro atoms. The number of aromatic nitrogens is 6. The fourth-order valence-electron chi connectivity index (χ4n) is 12.0. The number of piperidine rings is 2. The van der Waals surface area contributed by atoms with Gasteiger partial charge in [0.05, 0.1) is 52.8 Å². The molecule has 6 aromatic rings. The molecule has 1 unspecified atom stereocenters. The molecule has 4 aromatic heterocycles. The fraction of sp³-hybridized carbons (Fsp3) is 0.526. The lowest BCUT2D eigenvalue weighted by molar-refractivity contribution is -0.141. The molecule has 4 fully saturated rings. The van der Waals surface area contributed by atoms with Gasteiger partial charge in [0.2, 0.25) is 11.8 Å². The number of aromatic hydroxyl groups is 1. The Bertz CT molecular complexity index is 2880. The number of β-amino-alcohol motifs (C(OH)–C–C–N with tert-alkyl or cyclic N) is 1. The molecule has 10 rings (SSSR count). The zero-order valence-electron chi connectivity index (χ0n) is 43.9. The number of likely N-dealkylation sites (tertiary alicyclic amines) is 3. The Balaban J connectivity index is 0.626. The van der Waals surface area contributed by atoms with Crippen LogP contribution in [0.15, 0.2) is 83.1 Å². The van der Waals surface area contributed by atoms with Crippen LogP contribution < -0.4 is 15.8 Å². The first-order chi connectivity index (χ1) is 36.3. The summed E-state index contributed by atoms with van der Waals surface area (Å²) in [7, 11) is 0. The van der Waals surface area contributed by atoms with Crippen molar-refractivity contribution in [1.82, 2.24) is 50.1 Å². The Morgan fingerprint density at radius 1 is 0.920 bits per heavy atom. The molecule has 3 aliphatic heterocycles. The number of nitrogen functional groups attached to an aromatic ring is 1. The molecule has 7 heterocycles. The second-order valence-electron chi connectivity index (χ2n) is 22.0. The highest BCUT2D eigenvalue weighted by molar-refractivity contribution is 7.13. The van der Waals surface area contributed by atoms with Gasteiger partial charge in [0.15, 0.2) is 11.6 Å². The van der Waals surface area contributed by atoms with E-state index in [1.807, 2.05) is 81.9 Å². The second kappa shape index (κ2) is 22.9. The van der Waals surface area contributed by atoms with E-state index in [4.69, 9.17) is 20.1 Å². The Kier molecular flexibility index (Phi) is 16.0. The van der Waals surface area contributed by atoms with Crippen LogP contribution in [-0.2, 0) is 9.59 Å². The van der Waals surface area contributed by atoms with E-state index in [1.54, 1.807) is 29.5 Å². The number of nitrogens with zero attached hydrogens (tertiary/aromatic N) is 9. The molecular formula is C57H73N11O6S. The number of thiazole rings is 1. The van der Waals surface area contributed by atoms with Crippen LogP contribution in [0.2, 0.25) is 0 Å². The number of nitrogens with one attached hydrogen (secondary N) is 1. The van der Waals surface area contributed by atoms with Gasteiger partial charge in [0.25, 0.3) is 5.88 Å². The number of carbonyl (C=O) groups excluding carboxylic acids is 2. The standard InChI is InChI=1S/C57H73N11O6S/c1-34(2)53(57(72)67-32-45(69)26-49(67)56(71)61-35(3)40-10-12-42(13-11-40)54-36(4)59-33-75-54)51-28-52(64-74-51)73-23-18-38-14-19-65(20-15-38)30-39-24-44(25-39)66-21-16-41(17-22-66)37(5)68-31-43(29-60-68)47-27-48(62-63-55(47)58)46-8-6-7-9-50(46)70/h6-13,27-29,31,33-35,37-39,41,44-45,49,53,69-70H,14-26,30,32H2,1-5H3,(H2,58,63)(H,61,71)/t35-,37?,39-,44-,45+,49-,53+/m0/s1. The maximum absolute atomic E-state index is 14.3. The van der Waals surface area contributed by atoms with Crippen molar-refractivity contribution in [3.05, 3.63) is 95.6 Å². The van der Waals surface area contributed by atoms with E-state index < -0.39 is 18.1 Å². The summed E-state index contributed by atoms with van der Waals surface area (Å²) in [5.74, 6) is 1.71. The monoisotopic (exact) mass is 1040 g/mol. The zero-order valence-corrected chi connectivity index (χ0v) is 44.7. The normalized spacial score (nSPS) is 22.3. The first kappa shape index (κ1) is 52.2. The minimum atomic E-state index is -0.811. The number of ether oxygens (including phenoxy) is 1. The van der Waals surface area contributed by atoms with Gasteiger partial charge in [-0.25, -0.2) is 4.98 Å². The summed E-state index contributed by atoms with van der Waals surface area (Å²) in [6, 6.07) is 18.6. The van der Waals surface area contributed by atoms with Gasteiger partial charge in [0.1, 0.15) is 17.7 Å². The molecule has 2 amide bonds. The predicted molar refractivity (Wildman–Crippen MR) is 289 cm³/mol. The van der Waals surface area contributed by atoms with Crippen molar-refractivity contribution in [1.29, 1.82) is 0 Å². The summed E-state index contributed by atoms with van der Waals surface area (Å²) in [4.78, 5) is 40.4. The quantitative estimate of drug-likeness (QED) is 0.0635. The maximum Gasteiger partial charge on any atom is 0.254 e. The highest BCUT2D eigenvalue weighted by Crippen LogP contribution is 2.39. The highest BCUT2D eigenvalue weighted by atomic mass is 32.1. The van der Waals surface area contributed by atoms with Crippen molar-refractivity contribution in [2.24, 2.45) is 23.7 Å². The molecule has 398 valence electrons. The number of nitrogens with two attached hydrogens (primary N) is 1. The topological polar surface area (TPSA) is 214 Å². The average Bonchev–Trinajstić information content (AvgIpc) is 4.24. The van der Waals surface area contributed by atoms with Crippen LogP contribution >= 0.6 is 11.3 Å². The van der Waals surface area contributed by atoms with Crippen LogP contribution in [0.25, 0.3) is 32.8 Å². The van der Waals surface area contributed by atoms with E-state index in [9.17, 15) is 19.8 Å². The lowest BCUT2D eigenvalue weighted by Gasteiger charge is -2.48. The number of anilines is 1. The van der Waals surface area contributed by atoms with Crippen LogP contribution in [0.4, 0.5) is 5.82 Å². The van der Waals surface area contributed by atoms with Gasteiger partial charge in [-0.1, -0.05) is 50.2 Å². The van der Waals surface area contributed by atoms with Crippen molar-refractivity contribution in [2.75, 3.05) is 51.6 Å². The van der Waals surface area contributed by atoms with E-state index in [1.165, 1.54) is 24.3 Å². The van der Waals surface area contributed by atoms with Gasteiger partial charge in [-0.3, -0.25) is 14.3 Å². The third-order valence-electron chi connectivity index (χ3n) is 16.7. The number of para-hydroxylation sites is 1. The number of aliphatic hydroxyl groups excluding tert-OH is 1. The number of amides is 2. The van der Waals surface area contributed by atoms with Crippen molar-refractivity contribution in [3.8, 4) is 44.5 Å². The van der Waals surface area contributed by atoms with E-state index in [0.29, 0.717) is 53.2 Å². The number of carbonyl (C=O) groups is 2. The molecule has 1 aliphatic carbocycles. The summed E-state index contributed by atoms with van der Waals surface area (Å²) in [6.45, 7) is 16.3. The number of phenols is 1. The number of phenolic OH excluding ortho intramolecular Hbond substituents is 1. The van der Waals surface area contributed by atoms with Crippen LogP contribution in [0.1, 0.15) is 114 Å².